The quantitative estimate of drug-likeness (QED) is 0.369. The first-order chi connectivity index (χ1) is 9.70. The second-order valence-electron chi connectivity index (χ2n) is 5.48. The van der Waals surface area contributed by atoms with E-state index in [0.29, 0.717) is 0 Å². The van der Waals surface area contributed by atoms with E-state index in [9.17, 15) is 24.9 Å². The number of nitrogens with two attached hydrogens (primary N) is 1. The summed E-state index contributed by atoms with van der Waals surface area (Å²) in [4.78, 5) is 23.7. The van der Waals surface area contributed by atoms with Gasteiger partial charge < -0.3 is 25.8 Å². The van der Waals surface area contributed by atoms with Crippen LogP contribution in [0.4, 0.5) is 0 Å². The first-order valence-corrected chi connectivity index (χ1v) is 6.37. The summed E-state index contributed by atoms with van der Waals surface area (Å²) in [6.07, 6.45) is -3.11. The van der Waals surface area contributed by atoms with Crippen LogP contribution in [0.2, 0.25) is 0 Å². The number of primary amides is 1. The highest BCUT2D eigenvalue weighted by Gasteiger charge is 2.60. The van der Waals surface area contributed by atoms with Crippen molar-refractivity contribution in [2.45, 2.75) is 37.3 Å². The van der Waals surface area contributed by atoms with Crippen molar-refractivity contribution in [2.75, 3.05) is 0 Å². The molecule has 2 heterocycles. The minimum absolute atomic E-state index is 0.143. The molecule has 4 rings (SSSR count). The van der Waals surface area contributed by atoms with Gasteiger partial charge in [0.25, 0.3) is 5.91 Å². The molecule has 1 saturated heterocycles. The number of carbonyl (C=O) groups is 2. The third-order valence-electron chi connectivity index (χ3n) is 4.32. The van der Waals surface area contributed by atoms with Gasteiger partial charge in [-0.1, -0.05) is 0 Å². The van der Waals surface area contributed by atoms with Crippen LogP contribution < -0.4 is 5.73 Å². The van der Waals surface area contributed by atoms with Gasteiger partial charge in [-0.25, -0.2) is 0 Å². The first-order valence-electron chi connectivity index (χ1n) is 6.37. The van der Waals surface area contributed by atoms with E-state index in [1.54, 1.807) is 0 Å². The lowest BCUT2D eigenvalue weighted by Gasteiger charge is -2.52. The van der Waals surface area contributed by atoms with Crippen LogP contribution >= 0.6 is 0 Å². The number of nitrogens with one attached hydrogen (secondary N) is 1. The average Bonchev–Trinajstić information content (AvgIpc) is 2.37. The van der Waals surface area contributed by atoms with E-state index in [2.05, 4.69) is 0 Å². The molecular weight excluding hydrogens is 280 g/mol. The smallest absolute Gasteiger partial charge is 0.254 e. The SMILES string of the molecule is C[C@H]1O[C@@H]2C3=C(C(=O)C(=N)C(C(N)=O)=C3O)[C@@]1(O)C[C@H]2O. The van der Waals surface area contributed by atoms with Crippen molar-refractivity contribution >= 4 is 17.4 Å². The highest BCUT2D eigenvalue weighted by atomic mass is 16.5. The Balaban J connectivity index is 2.33. The minimum Gasteiger partial charge on any atom is -0.507 e. The van der Waals surface area contributed by atoms with Crippen molar-refractivity contribution < 1.29 is 29.6 Å². The maximum Gasteiger partial charge on any atom is 0.254 e. The molecule has 0 aromatic heterocycles. The van der Waals surface area contributed by atoms with Crippen LogP contribution in [0.15, 0.2) is 22.5 Å². The van der Waals surface area contributed by atoms with Crippen molar-refractivity contribution in [3.05, 3.63) is 22.5 Å². The molecule has 112 valence electrons. The molecule has 2 bridgehead atoms. The Morgan fingerprint density at radius 3 is 2.71 bits per heavy atom. The van der Waals surface area contributed by atoms with Crippen molar-refractivity contribution in [2.24, 2.45) is 5.73 Å². The molecule has 4 atom stereocenters. The zero-order valence-electron chi connectivity index (χ0n) is 11.1. The summed E-state index contributed by atoms with van der Waals surface area (Å²) >= 11 is 0. The molecule has 1 amide bonds. The van der Waals surface area contributed by atoms with Crippen LogP contribution in [0.5, 0.6) is 0 Å². The lowest BCUT2D eigenvalue weighted by Crippen LogP contribution is -2.64. The highest BCUT2D eigenvalue weighted by molar-refractivity contribution is 6.56. The van der Waals surface area contributed by atoms with Crippen LogP contribution in [0.1, 0.15) is 13.3 Å². The maximum atomic E-state index is 12.3. The summed E-state index contributed by atoms with van der Waals surface area (Å²) < 4.78 is 5.43. The lowest BCUT2D eigenvalue weighted by atomic mass is 9.65. The molecule has 0 saturated carbocycles. The Morgan fingerprint density at radius 2 is 2.14 bits per heavy atom. The number of aliphatic hydroxyl groups excluding tert-OH is 2. The number of rotatable bonds is 1. The van der Waals surface area contributed by atoms with Crippen molar-refractivity contribution in [3.8, 4) is 0 Å². The summed E-state index contributed by atoms with van der Waals surface area (Å²) in [5, 5.41) is 38.5. The summed E-state index contributed by atoms with van der Waals surface area (Å²) in [5.74, 6) is -2.70. The molecule has 2 aliphatic heterocycles. The zero-order valence-corrected chi connectivity index (χ0v) is 11.1. The maximum absolute atomic E-state index is 12.3. The van der Waals surface area contributed by atoms with E-state index in [0.717, 1.165) is 0 Å². The fraction of sp³-hybridized carbons (Fsp3) is 0.462. The fourth-order valence-corrected chi connectivity index (χ4v) is 3.26. The Labute approximate surface area is 119 Å². The van der Waals surface area contributed by atoms with Crippen LogP contribution in [-0.4, -0.2) is 56.6 Å². The lowest BCUT2D eigenvalue weighted by molar-refractivity contribution is -0.200. The topological polar surface area (TPSA) is 154 Å². The van der Waals surface area contributed by atoms with E-state index in [1.807, 2.05) is 0 Å². The zero-order chi connectivity index (χ0) is 15.7. The van der Waals surface area contributed by atoms with Gasteiger partial charge in [0, 0.05) is 17.6 Å². The van der Waals surface area contributed by atoms with E-state index in [1.165, 1.54) is 6.92 Å². The Kier molecular flexibility index (Phi) is 2.65. The van der Waals surface area contributed by atoms with Crippen LogP contribution in [0, 0.1) is 5.41 Å². The van der Waals surface area contributed by atoms with Crippen LogP contribution in [0.3, 0.4) is 0 Å². The first kappa shape index (κ1) is 13.9. The number of fused-ring (bicyclic) bond motifs is 2. The van der Waals surface area contributed by atoms with Crippen LogP contribution in [-0.2, 0) is 14.3 Å². The van der Waals surface area contributed by atoms with Gasteiger partial charge in [-0.3, -0.25) is 15.0 Å². The van der Waals surface area contributed by atoms with Crippen molar-refractivity contribution in [1.82, 2.24) is 0 Å². The van der Waals surface area contributed by atoms with Gasteiger partial charge >= 0.3 is 0 Å². The predicted octanol–water partition coefficient (Wildman–Crippen LogP) is -1.53. The highest BCUT2D eigenvalue weighted by Crippen LogP contribution is 2.49. The van der Waals surface area contributed by atoms with E-state index < -0.39 is 52.6 Å². The van der Waals surface area contributed by atoms with E-state index >= 15 is 0 Å². The normalized spacial score (nSPS) is 38.9. The largest absolute Gasteiger partial charge is 0.507 e. The number of carbonyl (C=O) groups excluding carboxylic acids is 2. The van der Waals surface area contributed by atoms with E-state index in [4.69, 9.17) is 15.9 Å². The van der Waals surface area contributed by atoms with Gasteiger partial charge in [0.15, 0.2) is 0 Å². The van der Waals surface area contributed by atoms with Crippen molar-refractivity contribution in [3.63, 3.8) is 0 Å². The van der Waals surface area contributed by atoms with Gasteiger partial charge in [0.2, 0.25) is 5.78 Å². The molecule has 4 aliphatic rings. The summed E-state index contributed by atoms with van der Waals surface area (Å²) in [5.41, 5.74) is 1.54. The van der Waals surface area contributed by atoms with E-state index in [-0.39, 0.29) is 17.6 Å². The van der Waals surface area contributed by atoms with Gasteiger partial charge in [0.05, 0.1) is 12.2 Å². The molecule has 8 heteroatoms. The summed E-state index contributed by atoms with van der Waals surface area (Å²) in [7, 11) is 0. The van der Waals surface area contributed by atoms with Gasteiger partial charge in [-0.15, -0.1) is 0 Å². The number of hydrogen-bond donors (Lipinski definition) is 5. The Hall–Kier alpha value is -2.03. The number of Topliss-reactive ketones (excluding diaryl/α,β-unsaturated/α-hetero) is 1. The summed E-state index contributed by atoms with van der Waals surface area (Å²) in [6, 6.07) is 0. The average molecular weight is 294 g/mol. The molecule has 0 aromatic rings. The number of hydrogen-bond acceptors (Lipinski definition) is 7. The third kappa shape index (κ3) is 1.52. The molecule has 6 N–H and O–H groups in total. The molecule has 2 aliphatic carbocycles. The molecule has 0 radical (unpaired) electrons. The van der Waals surface area contributed by atoms with Crippen LogP contribution in [0.25, 0.3) is 0 Å². The molecule has 8 nitrogen and oxygen atoms in total. The van der Waals surface area contributed by atoms with Crippen molar-refractivity contribution in [1.29, 1.82) is 5.41 Å². The minimum atomic E-state index is -1.82. The molecule has 0 aromatic carbocycles. The second kappa shape index (κ2) is 4.00. The summed E-state index contributed by atoms with van der Waals surface area (Å²) in [6.45, 7) is 1.53. The Morgan fingerprint density at radius 1 is 1.52 bits per heavy atom. The van der Waals surface area contributed by atoms with Gasteiger partial charge in [-0.2, -0.15) is 0 Å². The third-order valence-corrected chi connectivity index (χ3v) is 4.32. The number of aliphatic hydroxyl groups is 3. The second-order valence-corrected chi connectivity index (χ2v) is 5.48. The molecule has 21 heavy (non-hydrogen) atoms. The Bertz CT molecular complexity index is 664. The number of ether oxygens (including phenoxy) is 1. The molecule has 0 spiro atoms. The van der Waals surface area contributed by atoms with Gasteiger partial charge in [0.1, 0.15) is 28.7 Å². The fourth-order valence-electron chi connectivity index (χ4n) is 3.26. The van der Waals surface area contributed by atoms with Gasteiger partial charge in [-0.05, 0) is 6.92 Å². The monoisotopic (exact) mass is 294 g/mol. The number of ketones is 1. The standard InChI is InChI=1S/C13H14N2O6/c1-3-13(20)2-4(16)11(21-3)5-7(13)10(18)8(14)6(9(5)17)12(15)19/h3-4,11,14,16-17,20H,2H2,1H3,(H2,15,19)/t3-,4-,11+,13-/m1/s1. The number of amides is 1. The molecule has 1 fully saturated rings. The predicted molar refractivity (Wildman–Crippen MR) is 68.5 cm³/mol. The molecular formula is C13H14N2O6. The molecule has 0 unspecified atom stereocenters.